The highest BCUT2D eigenvalue weighted by Gasteiger charge is 2.07. The van der Waals surface area contributed by atoms with Gasteiger partial charge in [0.25, 0.3) is 0 Å². The molecule has 1 N–H and O–H groups in total. The molecule has 17 heavy (non-hydrogen) atoms. The van der Waals surface area contributed by atoms with Crippen molar-refractivity contribution in [3.8, 4) is 0 Å². The Balaban J connectivity index is 1.92. The highest BCUT2D eigenvalue weighted by Crippen LogP contribution is 2.24. The SMILES string of the molecule is Cc1ccc(SCC(O)c2ccccc2)cc1. The van der Waals surface area contributed by atoms with Gasteiger partial charge in [-0.05, 0) is 24.6 Å². The third-order valence-corrected chi connectivity index (χ3v) is 3.70. The molecule has 2 aromatic rings. The van der Waals surface area contributed by atoms with Gasteiger partial charge < -0.3 is 5.11 Å². The largest absolute Gasteiger partial charge is 0.388 e. The molecule has 88 valence electrons. The third kappa shape index (κ3) is 3.62. The van der Waals surface area contributed by atoms with Crippen molar-refractivity contribution >= 4 is 11.8 Å². The summed E-state index contributed by atoms with van der Waals surface area (Å²) in [6, 6.07) is 18.2. The van der Waals surface area contributed by atoms with Crippen LogP contribution in [0, 0.1) is 6.92 Å². The third-order valence-electron chi connectivity index (χ3n) is 2.61. The standard InChI is InChI=1S/C15H16OS/c1-12-7-9-14(10-8-12)17-11-15(16)13-5-3-2-4-6-13/h2-10,15-16H,11H2,1H3. The summed E-state index contributed by atoms with van der Waals surface area (Å²) >= 11 is 1.68. The highest BCUT2D eigenvalue weighted by atomic mass is 32.2. The smallest absolute Gasteiger partial charge is 0.0883 e. The molecule has 0 aliphatic rings. The van der Waals surface area contributed by atoms with Gasteiger partial charge in [-0.2, -0.15) is 0 Å². The minimum absolute atomic E-state index is 0.400. The molecule has 2 rings (SSSR count). The molecule has 0 saturated heterocycles. The van der Waals surface area contributed by atoms with E-state index in [0.717, 1.165) is 5.56 Å². The molecule has 0 bridgehead atoms. The fourth-order valence-electron chi connectivity index (χ4n) is 1.58. The van der Waals surface area contributed by atoms with Crippen LogP contribution in [0.5, 0.6) is 0 Å². The van der Waals surface area contributed by atoms with Crippen LogP contribution in [0.25, 0.3) is 0 Å². The van der Waals surface area contributed by atoms with Crippen molar-refractivity contribution in [2.45, 2.75) is 17.9 Å². The zero-order valence-electron chi connectivity index (χ0n) is 9.84. The quantitative estimate of drug-likeness (QED) is 0.825. The molecule has 0 saturated carbocycles. The maximum atomic E-state index is 10.0. The van der Waals surface area contributed by atoms with Crippen molar-refractivity contribution in [3.63, 3.8) is 0 Å². The number of hydrogen-bond donors (Lipinski definition) is 1. The van der Waals surface area contributed by atoms with E-state index < -0.39 is 6.10 Å². The van der Waals surface area contributed by atoms with Crippen LogP contribution in [0.1, 0.15) is 17.2 Å². The summed E-state index contributed by atoms with van der Waals surface area (Å²) in [6.45, 7) is 2.08. The van der Waals surface area contributed by atoms with Crippen LogP contribution in [0.15, 0.2) is 59.5 Å². The Kier molecular flexibility index (Phi) is 4.24. The van der Waals surface area contributed by atoms with E-state index in [0.29, 0.717) is 5.75 Å². The van der Waals surface area contributed by atoms with Gasteiger partial charge in [0.1, 0.15) is 0 Å². The number of aliphatic hydroxyl groups excluding tert-OH is 1. The lowest BCUT2D eigenvalue weighted by Crippen LogP contribution is -1.99. The fraction of sp³-hybridized carbons (Fsp3) is 0.200. The van der Waals surface area contributed by atoms with E-state index >= 15 is 0 Å². The van der Waals surface area contributed by atoms with Gasteiger partial charge in [-0.3, -0.25) is 0 Å². The van der Waals surface area contributed by atoms with Crippen LogP contribution < -0.4 is 0 Å². The minimum Gasteiger partial charge on any atom is -0.388 e. The number of hydrogen-bond acceptors (Lipinski definition) is 2. The molecule has 0 spiro atoms. The summed E-state index contributed by atoms with van der Waals surface area (Å²) in [5.74, 6) is 0.688. The summed E-state index contributed by atoms with van der Waals surface area (Å²) in [5, 5.41) is 10.0. The topological polar surface area (TPSA) is 20.2 Å². The monoisotopic (exact) mass is 244 g/mol. The van der Waals surface area contributed by atoms with E-state index in [1.807, 2.05) is 30.3 Å². The molecule has 1 nitrogen and oxygen atoms in total. The Morgan fingerprint density at radius 1 is 1.00 bits per heavy atom. The summed E-state index contributed by atoms with van der Waals surface area (Å²) in [7, 11) is 0. The van der Waals surface area contributed by atoms with E-state index in [4.69, 9.17) is 0 Å². The number of thioether (sulfide) groups is 1. The lowest BCUT2D eigenvalue weighted by atomic mass is 10.1. The van der Waals surface area contributed by atoms with Crippen molar-refractivity contribution in [2.75, 3.05) is 5.75 Å². The second kappa shape index (κ2) is 5.89. The zero-order valence-corrected chi connectivity index (χ0v) is 10.7. The molecular formula is C15H16OS. The molecule has 1 unspecified atom stereocenters. The molecule has 0 amide bonds. The maximum absolute atomic E-state index is 10.0. The molecule has 0 aromatic heterocycles. The van der Waals surface area contributed by atoms with Crippen molar-refractivity contribution in [2.24, 2.45) is 0 Å². The average molecular weight is 244 g/mol. The molecule has 0 radical (unpaired) electrons. The molecule has 0 fully saturated rings. The summed E-state index contributed by atoms with van der Waals surface area (Å²) in [6.07, 6.45) is -0.400. The van der Waals surface area contributed by atoms with Crippen molar-refractivity contribution in [1.82, 2.24) is 0 Å². The molecule has 0 aliphatic carbocycles. The molecular weight excluding hydrogens is 228 g/mol. The fourth-order valence-corrected chi connectivity index (χ4v) is 2.45. The van der Waals surface area contributed by atoms with Gasteiger partial charge in [-0.15, -0.1) is 11.8 Å². The van der Waals surface area contributed by atoms with Gasteiger partial charge in [-0.25, -0.2) is 0 Å². The minimum atomic E-state index is -0.400. The van der Waals surface area contributed by atoms with Gasteiger partial charge in [0, 0.05) is 10.6 Å². The van der Waals surface area contributed by atoms with E-state index in [-0.39, 0.29) is 0 Å². The van der Waals surface area contributed by atoms with Crippen molar-refractivity contribution < 1.29 is 5.11 Å². The predicted molar refractivity (Wildman–Crippen MR) is 73.3 cm³/mol. The Morgan fingerprint density at radius 3 is 2.29 bits per heavy atom. The first-order valence-electron chi connectivity index (χ1n) is 5.68. The van der Waals surface area contributed by atoms with Crippen molar-refractivity contribution in [1.29, 1.82) is 0 Å². The van der Waals surface area contributed by atoms with E-state index in [1.165, 1.54) is 10.5 Å². The Hall–Kier alpha value is -1.25. The predicted octanol–water partition coefficient (Wildman–Crippen LogP) is 3.82. The van der Waals surface area contributed by atoms with Gasteiger partial charge in [0.05, 0.1) is 6.10 Å². The average Bonchev–Trinajstić information content (AvgIpc) is 2.39. The van der Waals surface area contributed by atoms with E-state index in [1.54, 1.807) is 11.8 Å². The van der Waals surface area contributed by atoms with E-state index in [2.05, 4.69) is 31.2 Å². The van der Waals surface area contributed by atoms with Gasteiger partial charge in [0.15, 0.2) is 0 Å². The summed E-state index contributed by atoms with van der Waals surface area (Å²) < 4.78 is 0. The molecule has 2 aromatic carbocycles. The van der Waals surface area contributed by atoms with Crippen LogP contribution in [-0.2, 0) is 0 Å². The first kappa shape index (κ1) is 12.2. The zero-order chi connectivity index (χ0) is 12.1. The number of rotatable bonds is 4. The highest BCUT2D eigenvalue weighted by molar-refractivity contribution is 7.99. The first-order valence-corrected chi connectivity index (χ1v) is 6.67. The molecule has 2 heteroatoms. The number of benzene rings is 2. The molecule has 0 aliphatic heterocycles. The van der Waals surface area contributed by atoms with Crippen LogP contribution in [-0.4, -0.2) is 10.9 Å². The Labute approximate surface area is 107 Å². The number of aliphatic hydroxyl groups is 1. The van der Waals surface area contributed by atoms with Crippen LogP contribution >= 0.6 is 11.8 Å². The number of aryl methyl sites for hydroxylation is 1. The second-order valence-corrected chi connectivity index (χ2v) is 5.14. The van der Waals surface area contributed by atoms with Crippen LogP contribution in [0.4, 0.5) is 0 Å². The lowest BCUT2D eigenvalue weighted by molar-refractivity contribution is 0.204. The maximum Gasteiger partial charge on any atom is 0.0883 e. The van der Waals surface area contributed by atoms with Gasteiger partial charge in [0.2, 0.25) is 0 Å². The van der Waals surface area contributed by atoms with Crippen LogP contribution in [0.3, 0.4) is 0 Å². The summed E-state index contributed by atoms with van der Waals surface area (Å²) in [5.41, 5.74) is 2.24. The van der Waals surface area contributed by atoms with Crippen molar-refractivity contribution in [3.05, 3.63) is 65.7 Å². The van der Waals surface area contributed by atoms with Crippen LogP contribution in [0.2, 0.25) is 0 Å². The van der Waals surface area contributed by atoms with E-state index in [9.17, 15) is 5.11 Å². The Bertz CT molecular complexity index is 450. The van der Waals surface area contributed by atoms with Gasteiger partial charge in [-0.1, -0.05) is 48.0 Å². The second-order valence-electron chi connectivity index (χ2n) is 4.05. The molecule has 0 heterocycles. The summed E-state index contributed by atoms with van der Waals surface area (Å²) in [4.78, 5) is 1.20. The van der Waals surface area contributed by atoms with Gasteiger partial charge >= 0.3 is 0 Å². The normalized spacial score (nSPS) is 12.4. The molecule has 1 atom stereocenters. The first-order chi connectivity index (χ1) is 8.25. The Morgan fingerprint density at radius 2 is 1.65 bits per heavy atom. The lowest BCUT2D eigenvalue weighted by Gasteiger charge is -2.10.